The summed E-state index contributed by atoms with van der Waals surface area (Å²) in [4.78, 5) is 31.6. The molecule has 0 saturated heterocycles. The zero-order valence-electron chi connectivity index (χ0n) is 19.4. The maximum Gasteiger partial charge on any atom is 0.258 e. The first-order chi connectivity index (χ1) is 15.4. The smallest absolute Gasteiger partial charge is 0.258 e. The molecule has 2 heterocycles. The minimum atomic E-state index is -3.72. The number of ketones is 1. The minimum Gasteiger partial charge on any atom is -0.363 e. The second-order valence-corrected chi connectivity index (χ2v) is 11.0. The van der Waals surface area contributed by atoms with Gasteiger partial charge >= 0.3 is 0 Å². The summed E-state index contributed by atoms with van der Waals surface area (Å²) in [6, 6.07) is 8.61. The van der Waals surface area contributed by atoms with Gasteiger partial charge in [0, 0.05) is 56.7 Å². The Labute approximate surface area is 192 Å². The van der Waals surface area contributed by atoms with Gasteiger partial charge in [-0.1, -0.05) is 13.0 Å². The van der Waals surface area contributed by atoms with Crippen molar-refractivity contribution in [2.24, 2.45) is 0 Å². The lowest BCUT2D eigenvalue weighted by molar-refractivity contribution is -0.121. The molecule has 0 bridgehead atoms. The van der Waals surface area contributed by atoms with Gasteiger partial charge in [0.2, 0.25) is 0 Å². The SMILES string of the molecule is CCC(=O)[C@@](C)(CCn1cc(F)c2cc(-c3ccc(N(C)C)nc3)ccc2c1=O)S(C)(=O)=O. The van der Waals surface area contributed by atoms with Crippen LogP contribution in [-0.2, 0) is 21.2 Å². The molecule has 2 aromatic heterocycles. The molecule has 1 aromatic carbocycles. The number of aryl methyl sites for hydroxylation is 1. The lowest BCUT2D eigenvalue weighted by Crippen LogP contribution is -2.44. The highest BCUT2D eigenvalue weighted by Crippen LogP contribution is 2.27. The van der Waals surface area contributed by atoms with Crippen LogP contribution in [0.4, 0.5) is 10.2 Å². The van der Waals surface area contributed by atoms with Gasteiger partial charge in [-0.2, -0.15) is 0 Å². The number of pyridine rings is 2. The van der Waals surface area contributed by atoms with E-state index in [1.54, 1.807) is 31.3 Å². The molecular weight excluding hydrogens is 445 g/mol. The van der Waals surface area contributed by atoms with Crippen LogP contribution >= 0.6 is 0 Å². The fourth-order valence-corrected chi connectivity index (χ4v) is 4.77. The lowest BCUT2D eigenvalue weighted by atomic mass is 9.99. The summed E-state index contributed by atoms with van der Waals surface area (Å²) < 4.78 is 39.1. The molecule has 176 valence electrons. The summed E-state index contributed by atoms with van der Waals surface area (Å²) in [7, 11) is 0.0442. The van der Waals surface area contributed by atoms with E-state index in [4.69, 9.17) is 0 Å². The van der Waals surface area contributed by atoms with Gasteiger partial charge in [0.1, 0.15) is 16.4 Å². The summed E-state index contributed by atoms with van der Waals surface area (Å²) in [6.45, 7) is 2.85. The van der Waals surface area contributed by atoms with E-state index in [-0.39, 0.29) is 30.2 Å². The molecule has 0 N–H and O–H groups in total. The number of carbonyl (C=O) groups is 1. The molecule has 33 heavy (non-hydrogen) atoms. The molecular formula is C24H28FN3O4S. The Morgan fingerprint density at radius 2 is 1.82 bits per heavy atom. The number of nitrogens with zero attached hydrogens (tertiary/aromatic N) is 3. The molecule has 3 rings (SSSR count). The summed E-state index contributed by atoms with van der Waals surface area (Å²) in [5.41, 5.74) is 1.06. The van der Waals surface area contributed by atoms with E-state index in [1.165, 1.54) is 6.92 Å². The molecule has 1 atom stereocenters. The molecule has 0 aliphatic carbocycles. The fraction of sp³-hybridized carbons (Fsp3) is 0.375. The first kappa shape index (κ1) is 24.6. The van der Waals surface area contributed by atoms with Crippen molar-refractivity contribution < 1.29 is 17.6 Å². The number of anilines is 1. The minimum absolute atomic E-state index is 0.0533. The summed E-state index contributed by atoms with van der Waals surface area (Å²) in [6.07, 6.45) is 3.70. The van der Waals surface area contributed by atoms with Gasteiger partial charge in [-0.15, -0.1) is 0 Å². The van der Waals surface area contributed by atoms with E-state index in [2.05, 4.69) is 4.98 Å². The molecule has 0 amide bonds. The number of rotatable bonds is 8. The van der Waals surface area contributed by atoms with Gasteiger partial charge in [0.05, 0.1) is 5.39 Å². The van der Waals surface area contributed by atoms with Crippen LogP contribution in [0, 0.1) is 5.82 Å². The maximum absolute atomic E-state index is 15.0. The number of hydrogen-bond acceptors (Lipinski definition) is 6. The molecule has 0 fully saturated rings. The van der Waals surface area contributed by atoms with Crippen molar-refractivity contribution in [2.45, 2.75) is 38.0 Å². The van der Waals surface area contributed by atoms with E-state index >= 15 is 4.39 Å². The Bertz CT molecular complexity index is 1360. The zero-order chi connectivity index (χ0) is 24.6. The molecule has 0 aliphatic rings. The molecule has 0 spiro atoms. The van der Waals surface area contributed by atoms with Crippen molar-refractivity contribution in [1.82, 2.24) is 9.55 Å². The fourth-order valence-electron chi connectivity index (χ4n) is 3.75. The lowest BCUT2D eigenvalue weighted by Gasteiger charge is -2.26. The molecule has 0 saturated carbocycles. The highest BCUT2D eigenvalue weighted by molar-refractivity contribution is 7.92. The predicted octanol–water partition coefficient (Wildman–Crippen LogP) is 3.44. The first-order valence-corrected chi connectivity index (χ1v) is 12.5. The Morgan fingerprint density at radius 3 is 2.36 bits per heavy atom. The number of benzene rings is 1. The average molecular weight is 474 g/mol. The van der Waals surface area contributed by atoms with Crippen LogP contribution in [0.1, 0.15) is 26.7 Å². The van der Waals surface area contributed by atoms with Crippen molar-refractivity contribution in [3.63, 3.8) is 0 Å². The van der Waals surface area contributed by atoms with Crippen LogP contribution in [0.2, 0.25) is 0 Å². The number of hydrogen-bond donors (Lipinski definition) is 0. The van der Waals surface area contributed by atoms with E-state index in [0.29, 0.717) is 0 Å². The Kier molecular flexibility index (Phi) is 6.74. The van der Waals surface area contributed by atoms with Crippen LogP contribution in [0.3, 0.4) is 0 Å². The largest absolute Gasteiger partial charge is 0.363 e. The molecule has 0 unspecified atom stereocenters. The van der Waals surface area contributed by atoms with Crippen LogP contribution in [0.5, 0.6) is 0 Å². The highest BCUT2D eigenvalue weighted by atomic mass is 32.2. The number of carbonyl (C=O) groups excluding carboxylic acids is 1. The highest BCUT2D eigenvalue weighted by Gasteiger charge is 2.41. The summed E-state index contributed by atoms with van der Waals surface area (Å²) in [5.74, 6) is -0.249. The Hall–Kier alpha value is -3.07. The summed E-state index contributed by atoms with van der Waals surface area (Å²) in [5, 5.41) is 0.348. The van der Waals surface area contributed by atoms with Crippen molar-refractivity contribution >= 4 is 32.2 Å². The average Bonchev–Trinajstić information content (AvgIpc) is 2.78. The molecule has 3 aromatic rings. The van der Waals surface area contributed by atoms with Gasteiger partial charge in [-0.25, -0.2) is 17.8 Å². The van der Waals surface area contributed by atoms with Gasteiger partial charge in [0.15, 0.2) is 15.6 Å². The maximum atomic E-state index is 15.0. The standard InChI is InChI=1S/C24H28FN3O4S/c1-6-21(29)24(2,33(5,31)32)11-12-28-15-20(25)19-13-16(7-9-18(19)23(28)30)17-8-10-22(26-14-17)27(3)4/h7-10,13-15H,6,11-12H2,1-5H3/t24-/m1/s1. The summed E-state index contributed by atoms with van der Waals surface area (Å²) >= 11 is 0. The third kappa shape index (κ3) is 4.68. The van der Waals surface area contributed by atoms with E-state index in [0.717, 1.165) is 34.0 Å². The number of fused-ring (bicyclic) bond motifs is 1. The number of aromatic nitrogens is 2. The van der Waals surface area contributed by atoms with Crippen molar-refractivity contribution in [3.8, 4) is 11.1 Å². The third-order valence-corrected chi connectivity index (χ3v) is 8.20. The molecule has 9 heteroatoms. The molecule has 0 aliphatic heterocycles. The molecule has 0 radical (unpaired) electrons. The van der Waals surface area contributed by atoms with Crippen LogP contribution in [0.25, 0.3) is 21.9 Å². The van der Waals surface area contributed by atoms with Crippen LogP contribution in [0.15, 0.2) is 47.5 Å². The number of sulfone groups is 1. The van der Waals surface area contributed by atoms with Crippen LogP contribution in [-0.4, -0.2) is 48.9 Å². The second-order valence-electron chi connectivity index (χ2n) is 8.57. The number of Topliss-reactive ketones (excluding diaryl/α,β-unsaturated/α-hetero) is 1. The van der Waals surface area contributed by atoms with Crippen molar-refractivity contribution in [2.75, 3.05) is 25.3 Å². The van der Waals surface area contributed by atoms with Gasteiger partial charge in [-0.05, 0) is 43.2 Å². The van der Waals surface area contributed by atoms with E-state index < -0.39 is 31.7 Å². The molecule has 7 nitrogen and oxygen atoms in total. The topological polar surface area (TPSA) is 89.3 Å². The normalized spacial score (nSPS) is 13.6. The Balaban J connectivity index is 1.98. The monoisotopic (exact) mass is 473 g/mol. The van der Waals surface area contributed by atoms with Crippen molar-refractivity contribution in [1.29, 1.82) is 0 Å². The van der Waals surface area contributed by atoms with Gasteiger partial charge in [-0.3, -0.25) is 9.59 Å². The van der Waals surface area contributed by atoms with Crippen molar-refractivity contribution in [3.05, 3.63) is 58.9 Å². The Morgan fingerprint density at radius 1 is 1.15 bits per heavy atom. The van der Waals surface area contributed by atoms with Gasteiger partial charge < -0.3 is 9.47 Å². The third-order valence-electron chi connectivity index (χ3n) is 6.14. The zero-order valence-corrected chi connectivity index (χ0v) is 20.2. The van der Waals surface area contributed by atoms with E-state index in [9.17, 15) is 18.0 Å². The second kappa shape index (κ2) is 9.05. The number of halogens is 1. The first-order valence-electron chi connectivity index (χ1n) is 10.6. The van der Waals surface area contributed by atoms with E-state index in [1.807, 2.05) is 31.1 Å². The van der Waals surface area contributed by atoms with Crippen LogP contribution < -0.4 is 10.5 Å². The quantitative estimate of drug-likeness (QED) is 0.498. The predicted molar refractivity (Wildman–Crippen MR) is 129 cm³/mol. The van der Waals surface area contributed by atoms with Gasteiger partial charge in [0.25, 0.3) is 5.56 Å².